The molecule has 1 aliphatic heterocycles. The van der Waals surface area contributed by atoms with Gasteiger partial charge in [-0.3, -0.25) is 0 Å². The molecule has 3 aromatic rings. The van der Waals surface area contributed by atoms with E-state index in [1.807, 2.05) is 0 Å². The Morgan fingerprint density at radius 2 is 1.45 bits per heavy atom. The summed E-state index contributed by atoms with van der Waals surface area (Å²) in [7, 11) is 0. The molecule has 1 fully saturated rings. The SMILES string of the molecule is CCCCCC1CCC(c2ccc(-c3cc(F)c(C(F)(F)Oc4cc(F)c(OC=CC(F)(F)F)c(F)c4)c(F)c3)cc2)OC1. The van der Waals surface area contributed by atoms with Crippen molar-refractivity contribution in [1.29, 1.82) is 0 Å². The third-order valence-corrected chi connectivity index (χ3v) is 7.20. The Bertz CT molecular complexity index is 1400. The molecule has 0 aliphatic carbocycles. The average Bonchev–Trinajstić information content (AvgIpc) is 2.94. The molecule has 0 aromatic heterocycles. The Kier molecular flexibility index (Phi) is 10.5. The van der Waals surface area contributed by atoms with Crippen LogP contribution in [0.4, 0.5) is 39.5 Å². The number of ether oxygens (including phenoxy) is 3. The fourth-order valence-electron chi connectivity index (χ4n) is 4.97. The molecule has 12 heteroatoms. The number of unbranched alkanes of at least 4 members (excludes halogenated alkanes) is 2. The largest absolute Gasteiger partial charge is 0.459 e. The normalized spacial score (nSPS) is 17.7. The van der Waals surface area contributed by atoms with Gasteiger partial charge in [-0.2, -0.15) is 22.0 Å². The molecule has 44 heavy (non-hydrogen) atoms. The third-order valence-electron chi connectivity index (χ3n) is 7.20. The summed E-state index contributed by atoms with van der Waals surface area (Å²) < 4.78 is 139. The first-order valence-electron chi connectivity index (χ1n) is 14.0. The van der Waals surface area contributed by atoms with E-state index >= 15 is 0 Å². The molecule has 0 N–H and O–H groups in total. The quantitative estimate of drug-likeness (QED) is 0.120. The van der Waals surface area contributed by atoms with Crippen LogP contribution < -0.4 is 9.47 Å². The molecular weight excluding hydrogens is 603 g/mol. The zero-order valence-corrected chi connectivity index (χ0v) is 23.5. The van der Waals surface area contributed by atoms with Crippen molar-refractivity contribution in [1.82, 2.24) is 0 Å². The molecule has 2 unspecified atom stereocenters. The van der Waals surface area contributed by atoms with E-state index < -0.39 is 58.7 Å². The highest BCUT2D eigenvalue weighted by atomic mass is 19.4. The Morgan fingerprint density at radius 3 is 2.00 bits per heavy atom. The minimum absolute atomic E-state index is 0.0443. The van der Waals surface area contributed by atoms with Crippen molar-refractivity contribution in [3.05, 3.63) is 95.3 Å². The maximum atomic E-state index is 14.9. The minimum Gasteiger partial charge on any atom is -0.459 e. The molecular formula is C32H29F9O3. The second kappa shape index (κ2) is 14.0. The van der Waals surface area contributed by atoms with E-state index in [1.165, 1.54) is 12.8 Å². The van der Waals surface area contributed by atoms with E-state index in [2.05, 4.69) is 16.4 Å². The monoisotopic (exact) mass is 632 g/mol. The summed E-state index contributed by atoms with van der Waals surface area (Å²) in [5, 5.41) is 0. The van der Waals surface area contributed by atoms with Gasteiger partial charge in [0.15, 0.2) is 17.4 Å². The van der Waals surface area contributed by atoms with E-state index in [4.69, 9.17) is 4.74 Å². The van der Waals surface area contributed by atoms with Gasteiger partial charge in [-0.15, -0.1) is 0 Å². The lowest BCUT2D eigenvalue weighted by molar-refractivity contribution is -0.189. The lowest BCUT2D eigenvalue weighted by Crippen LogP contribution is -2.25. The van der Waals surface area contributed by atoms with Crippen LogP contribution in [0.5, 0.6) is 11.5 Å². The van der Waals surface area contributed by atoms with Gasteiger partial charge in [0.2, 0.25) is 0 Å². The molecule has 2 atom stereocenters. The number of allylic oxidation sites excluding steroid dienone is 1. The molecule has 1 saturated heterocycles. The first kappa shape index (κ1) is 33.2. The van der Waals surface area contributed by atoms with Gasteiger partial charge in [-0.25, -0.2) is 17.6 Å². The van der Waals surface area contributed by atoms with Crippen LogP contribution in [0.15, 0.2) is 60.9 Å². The predicted molar refractivity (Wildman–Crippen MR) is 144 cm³/mol. The fourth-order valence-corrected chi connectivity index (χ4v) is 4.97. The van der Waals surface area contributed by atoms with E-state index in [-0.39, 0.29) is 30.1 Å². The summed E-state index contributed by atoms with van der Waals surface area (Å²) in [6.07, 6.45) is -3.70. The number of halogens is 9. The smallest absolute Gasteiger partial charge is 0.432 e. The summed E-state index contributed by atoms with van der Waals surface area (Å²) in [6.45, 7) is 2.81. The van der Waals surface area contributed by atoms with Crippen LogP contribution in [0.1, 0.15) is 62.7 Å². The number of hydrogen-bond donors (Lipinski definition) is 0. The number of rotatable bonds is 11. The van der Waals surface area contributed by atoms with E-state index in [0.29, 0.717) is 30.2 Å². The minimum atomic E-state index is -4.84. The third kappa shape index (κ3) is 8.49. The summed E-state index contributed by atoms with van der Waals surface area (Å²) in [5.74, 6) is -8.79. The van der Waals surface area contributed by atoms with Crippen LogP contribution in [0.3, 0.4) is 0 Å². The summed E-state index contributed by atoms with van der Waals surface area (Å²) in [6, 6.07) is 8.36. The topological polar surface area (TPSA) is 27.7 Å². The Hall–Kier alpha value is -3.67. The summed E-state index contributed by atoms with van der Waals surface area (Å²) in [5.41, 5.74) is -0.631. The highest BCUT2D eigenvalue weighted by molar-refractivity contribution is 5.64. The van der Waals surface area contributed by atoms with Crippen LogP contribution in [-0.2, 0) is 10.8 Å². The Morgan fingerprint density at radius 1 is 0.818 bits per heavy atom. The molecule has 0 saturated carbocycles. The molecule has 0 amide bonds. The molecule has 4 rings (SSSR count). The first-order chi connectivity index (χ1) is 20.8. The van der Waals surface area contributed by atoms with Gasteiger partial charge in [0.25, 0.3) is 0 Å². The molecule has 0 radical (unpaired) electrons. The standard InChI is InChI=1S/C32H29F9O3/c1-2-3-4-5-19-6-11-28(43-18-19)21-9-7-20(8-10-21)22-14-24(33)29(25(34)15-22)32(40,41)44-23-16-26(35)30(27(36)17-23)42-13-12-31(37,38)39/h7-10,12-17,19,28H,2-6,11,18H2,1H3. The summed E-state index contributed by atoms with van der Waals surface area (Å²) >= 11 is 0. The molecule has 238 valence electrons. The molecule has 3 aromatic carbocycles. The lowest BCUT2D eigenvalue weighted by atomic mass is 9.90. The van der Waals surface area contributed by atoms with Gasteiger partial charge in [0, 0.05) is 12.1 Å². The van der Waals surface area contributed by atoms with Crippen LogP contribution in [0, 0.1) is 29.2 Å². The van der Waals surface area contributed by atoms with E-state index in [1.54, 1.807) is 24.3 Å². The predicted octanol–water partition coefficient (Wildman–Crippen LogP) is 10.5. The van der Waals surface area contributed by atoms with Crippen molar-refractivity contribution in [2.75, 3.05) is 6.61 Å². The summed E-state index contributed by atoms with van der Waals surface area (Å²) in [4.78, 5) is 0. The van der Waals surface area contributed by atoms with Gasteiger partial charge in [0.05, 0.1) is 25.0 Å². The van der Waals surface area contributed by atoms with Crippen LogP contribution in [0.25, 0.3) is 11.1 Å². The number of hydrogen-bond acceptors (Lipinski definition) is 3. The van der Waals surface area contributed by atoms with E-state index in [0.717, 1.165) is 31.2 Å². The first-order valence-corrected chi connectivity index (χ1v) is 14.0. The van der Waals surface area contributed by atoms with Crippen molar-refractivity contribution in [2.45, 2.75) is 63.8 Å². The number of benzene rings is 3. The van der Waals surface area contributed by atoms with Crippen molar-refractivity contribution in [3.8, 4) is 22.6 Å². The zero-order chi connectivity index (χ0) is 32.1. The van der Waals surface area contributed by atoms with Crippen molar-refractivity contribution in [3.63, 3.8) is 0 Å². The molecule has 3 nitrogen and oxygen atoms in total. The zero-order valence-electron chi connectivity index (χ0n) is 23.5. The van der Waals surface area contributed by atoms with Crippen LogP contribution in [-0.4, -0.2) is 12.8 Å². The van der Waals surface area contributed by atoms with Crippen molar-refractivity contribution >= 4 is 0 Å². The molecule has 1 heterocycles. The van der Waals surface area contributed by atoms with Crippen LogP contribution >= 0.6 is 0 Å². The van der Waals surface area contributed by atoms with Gasteiger partial charge in [-0.05, 0) is 54.0 Å². The second-order valence-corrected chi connectivity index (χ2v) is 10.5. The average molecular weight is 633 g/mol. The van der Waals surface area contributed by atoms with Crippen LogP contribution in [0.2, 0.25) is 0 Å². The fraction of sp³-hybridized carbons (Fsp3) is 0.375. The number of alkyl halides is 5. The highest BCUT2D eigenvalue weighted by Gasteiger charge is 2.41. The highest BCUT2D eigenvalue weighted by Crippen LogP contribution is 2.39. The lowest BCUT2D eigenvalue weighted by Gasteiger charge is -2.29. The molecule has 0 spiro atoms. The molecule has 0 bridgehead atoms. The van der Waals surface area contributed by atoms with Gasteiger partial charge in [-0.1, -0.05) is 50.5 Å². The molecule has 1 aliphatic rings. The maximum Gasteiger partial charge on any atom is 0.432 e. The second-order valence-electron chi connectivity index (χ2n) is 10.5. The van der Waals surface area contributed by atoms with Crippen molar-refractivity contribution < 1.29 is 53.7 Å². The van der Waals surface area contributed by atoms with Crippen molar-refractivity contribution in [2.24, 2.45) is 5.92 Å². The van der Waals surface area contributed by atoms with Gasteiger partial charge in [0.1, 0.15) is 22.9 Å². The Balaban J connectivity index is 1.45. The van der Waals surface area contributed by atoms with E-state index in [9.17, 15) is 39.5 Å². The maximum absolute atomic E-state index is 14.9. The Labute approximate surface area is 248 Å². The van der Waals surface area contributed by atoms with Gasteiger partial charge >= 0.3 is 12.3 Å². The van der Waals surface area contributed by atoms with Gasteiger partial charge < -0.3 is 14.2 Å².